The molecule has 12 aromatic rings. The quantitative estimate of drug-likeness (QED) is 0.122. The van der Waals surface area contributed by atoms with Crippen molar-refractivity contribution < 1.29 is 0 Å². The normalized spacial score (nSPS) is 14.2. The van der Waals surface area contributed by atoms with Crippen LogP contribution >= 0.6 is 0 Å². The molecular formula is C84H104N8. The molecule has 0 radical (unpaired) electrons. The van der Waals surface area contributed by atoms with E-state index >= 15 is 0 Å². The molecule has 0 bridgehead atoms. The first-order chi connectivity index (χ1) is 43.4. The van der Waals surface area contributed by atoms with Crippen molar-refractivity contribution in [1.82, 2.24) is 39.5 Å². The fourth-order valence-corrected chi connectivity index (χ4v) is 18.8. The van der Waals surface area contributed by atoms with Gasteiger partial charge in [0.1, 0.15) is 0 Å². The Hall–Kier alpha value is -7.20. The summed E-state index contributed by atoms with van der Waals surface area (Å²) < 4.78 is 9.79. The van der Waals surface area contributed by atoms with E-state index in [2.05, 4.69) is 234 Å². The third-order valence-electron chi connectivity index (χ3n) is 25.8. The van der Waals surface area contributed by atoms with Gasteiger partial charge < -0.3 is 39.5 Å². The van der Waals surface area contributed by atoms with Crippen molar-refractivity contribution in [3.63, 3.8) is 0 Å². The van der Waals surface area contributed by atoms with Crippen molar-refractivity contribution >= 4 is 87.2 Å². The van der Waals surface area contributed by atoms with Crippen molar-refractivity contribution in [2.75, 3.05) is 0 Å². The Balaban J connectivity index is 0.000000112. The van der Waals surface area contributed by atoms with Crippen LogP contribution in [0.1, 0.15) is 178 Å². The third-order valence-corrected chi connectivity index (χ3v) is 25.8. The molecule has 8 nitrogen and oxygen atoms in total. The van der Waals surface area contributed by atoms with Gasteiger partial charge in [-0.25, -0.2) is 0 Å². The lowest BCUT2D eigenvalue weighted by molar-refractivity contribution is 0.762. The number of rotatable bonds is 0. The van der Waals surface area contributed by atoms with Crippen molar-refractivity contribution in [1.29, 1.82) is 0 Å². The summed E-state index contributed by atoms with van der Waals surface area (Å²) in [5.41, 5.74) is 58.3. The van der Waals surface area contributed by atoms with E-state index in [0.29, 0.717) is 0 Å². The summed E-state index contributed by atoms with van der Waals surface area (Å²) in [5, 5.41) is 26.1. The monoisotopic (exact) mass is 1220 g/mol. The predicted molar refractivity (Wildman–Crippen MR) is 398 cm³/mol. The highest BCUT2D eigenvalue weighted by Crippen LogP contribution is 2.48. The second kappa shape index (κ2) is 22.2. The number of fused-ring (bicyclic) bond motifs is 19. The largest absolute Gasteiger partial charge is 0.343 e. The zero-order chi connectivity index (χ0) is 66.5. The number of nitrogens with zero attached hydrogens (tertiary/aromatic N) is 4. The highest BCUT2D eigenvalue weighted by molar-refractivity contribution is 6.18. The van der Waals surface area contributed by atoms with Gasteiger partial charge in [-0.1, -0.05) is 0 Å². The Bertz CT molecular complexity index is 5130. The minimum Gasteiger partial charge on any atom is -0.343 e. The predicted octanol–water partition coefficient (Wildman–Crippen LogP) is 19.1. The van der Waals surface area contributed by atoms with Gasteiger partial charge in [-0.15, -0.1) is 0 Å². The first-order valence-corrected chi connectivity index (χ1v) is 34.2. The highest BCUT2D eigenvalue weighted by atomic mass is 15.0. The van der Waals surface area contributed by atoms with Gasteiger partial charge in [0.25, 0.3) is 0 Å². The minimum absolute atomic E-state index is 0.993. The van der Waals surface area contributed by atoms with Crippen molar-refractivity contribution in [2.24, 2.45) is 28.2 Å². The minimum atomic E-state index is 0.993. The van der Waals surface area contributed by atoms with Gasteiger partial charge in [-0.2, -0.15) is 0 Å². The van der Waals surface area contributed by atoms with Crippen LogP contribution in [0.3, 0.4) is 0 Å². The van der Waals surface area contributed by atoms with Crippen LogP contribution in [0.4, 0.5) is 0 Å². The van der Waals surface area contributed by atoms with Crippen LogP contribution in [0.25, 0.3) is 87.2 Å². The fraction of sp³-hybridized carbons (Fsp3) is 0.429. The Morgan fingerprint density at radius 3 is 0.663 bits per heavy atom. The molecule has 8 heteroatoms. The molecule has 0 atom stereocenters. The SMILES string of the molecule is Cc1c(C)c(C)c2c(c1C)c1c(C)c(C)c3c(c1n2C)CNC3.Cc1c(C)c(C)c2c(c1C)c1c(C)c3c(c(C)c1n2C)CNC3.Cc1c(C)c(C)c2c(c1C)c1c3c(c(C)c(C)c1n2C)CNC3.Cc1c(C)c(C)c2c(c1C)c1c3c(c(C)c(C)c1n2C)CNC3. The van der Waals surface area contributed by atoms with E-state index in [1.165, 1.54) is 265 Å². The van der Waals surface area contributed by atoms with Crippen molar-refractivity contribution in [3.05, 3.63) is 178 Å². The summed E-state index contributed by atoms with van der Waals surface area (Å²) in [6, 6.07) is 0. The topological polar surface area (TPSA) is 67.8 Å². The number of nitrogens with one attached hydrogen (secondary N) is 4. The number of aryl methyl sites for hydroxylation is 17. The fourth-order valence-electron chi connectivity index (χ4n) is 18.8. The average Bonchev–Trinajstić information content (AvgIpc) is 1.58. The summed E-state index contributed by atoms with van der Waals surface area (Å²) in [4.78, 5) is 0. The smallest absolute Gasteiger partial charge is 0.0540 e. The first-order valence-electron chi connectivity index (χ1n) is 34.2. The van der Waals surface area contributed by atoms with Gasteiger partial charge in [-0.3, -0.25) is 0 Å². The Morgan fingerprint density at radius 1 is 0.152 bits per heavy atom. The molecule has 480 valence electrons. The molecule has 0 saturated carbocycles. The molecule has 0 fully saturated rings. The van der Waals surface area contributed by atoms with Gasteiger partial charge in [-0.05, 0) is 344 Å². The zero-order valence-electron chi connectivity index (χ0n) is 61.4. The molecule has 0 unspecified atom stereocenters. The van der Waals surface area contributed by atoms with E-state index in [1.54, 1.807) is 0 Å². The van der Waals surface area contributed by atoms with Crippen LogP contribution in [0.15, 0.2) is 0 Å². The lowest BCUT2D eigenvalue weighted by Gasteiger charge is -2.13. The first kappa shape index (κ1) is 63.6. The lowest BCUT2D eigenvalue weighted by atomic mass is 9.90. The summed E-state index contributed by atoms with van der Waals surface area (Å²) in [6.45, 7) is 62.9. The Kier molecular flexibility index (Phi) is 15.3. The summed E-state index contributed by atoms with van der Waals surface area (Å²) >= 11 is 0. The molecular weight excluding hydrogens is 1120 g/mol. The van der Waals surface area contributed by atoms with E-state index in [-0.39, 0.29) is 0 Å². The maximum atomic E-state index is 3.57. The number of hydrogen-bond acceptors (Lipinski definition) is 4. The average molecular weight is 1230 g/mol. The Morgan fingerprint density at radius 2 is 0.326 bits per heavy atom. The summed E-state index contributed by atoms with van der Waals surface area (Å²) in [7, 11) is 8.98. The molecule has 0 aliphatic carbocycles. The molecule has 4 aliphatic heterocycles. The second-order valence-corrected chi connectivity index (χ2v) is 29.3. The molecule has 4 aliphatic rings. The van der Waals surface area contributed by atoms with Gasteiger partial charge in [0, 0.05) is 124 Å². The molecule has 0 amide bonds. The van der Waals surface area contributed by atoms with Gasteiger partial charge in [0.2, 0.25) is 0 Å². The van der Waals surface area contributed by atoms with Crippen LogP contribution in [-0.4, -0.2) is 18.3 Å². The highest BCUT2D eigenvalue weighted by Gasteiger charge is 2.31. The number of aromatic nitrogens is 4. The molecule has 92 heavy (non-hydrogen) atoms. The van der Waals surface area contributed by atoms with Crippen molar-refractivity contribution in [3.8, 4) is 0 Å². The van der Waals surface area contributed by atoms with Crippen molar-refractivity contribution in [2.45, 2.75) is 219 Å². The second-order valence-electron chi connectivity index (χ2n) is 29.3. The standard InChI is InChI=1S/4C21H26N2/c1-10-11(2)15(6)20-18(13(10)4)19-14(5)12(3)16-8-22-9-17(16)21(19)23(20)7;2*1-10-11(2)14(5)20-18(13(10)4)19-17-9-22-8-16(17)12(3)15(6)21(19)23(20)7;1-10-11(2)13(4)20-18(12(10)3)19-14(5)16-8-22-9-17(16)15(6)21(19)23(20)7/h4*22H,8-9H2,1-7H3. The van der Waals surface area contributed by atoms with Crippen LogP contribution < -0.4 is 21.3 Å². The molecule has 16 rings (SSSR count). The van der Waals surface area contributed by atoms with Crippen LogP contribution in [-0.2, 0) is 80.5 Å². The maximum Gasteiger partial charge on any atom is 0.0540 e. The molecule has 8 heterocycles. The molecule has 4 N–H and O–H groups in total. The van der Waals surface area contributed by atoms with Gasteiger partial charge in [0.15, 0.2) is 0 Å². The zero-order valence-corrected chi connectivity index (χ0v) is 61.4. The van der Waals surface area contributed by atoms with Crippen LogP contribution in [0.2, 0.25) is 0 Å². The van der Waals surface area contributed by atoms with Crippen LogP contribution in [0, 0.1) is 166 Å². The van der Waals surface area contributed by atoms with Crippen LogP contribution in [0.5, 0.6) is 0 Å². The van der Waals surface area contributed by atoms with E-state index < -0.39 is 0 Å². The number of hydrogen-bond donors (Lipinski definition) is 4. The third kappa shape index (κ3) is 8.40. The van der Waals surface area contributed by atoms with E-state index in [0.717, 1.165) is 52.4 Å². The van der Waals surface area contributed by atoms with Gasteiger partial charge in [0.05, 0.1) is 44.1 Å². The Labute approximate surface area is 548 Å². The lowest BCUT2D eigenvalue weighted by Crippen LogP contribution is -2.01. The molecule has 8 aromatic carbocycles. The molecule has 0 saturated heterocycles. The summed E-state index contributed by atoms with van der Waals surface area (Å²) in [6.07, 6.45) is 0. The maximum absolute atomic E-state index is 3.57. The van der Waals surface area contributed by atoms with Gasteiger partial charge >= 0.3 is 0 Å². The van der Waals surface area contributed by atoms with E-state index in [4.69, 9.17) is 0 Å². The van der Waals surface area contributed by atoms with E-state index in [9.17, 15) is 0 Å². The molecule has 0 spiro atoms. The number of benzene rings is 8. The molecule has 4 aromatic heterocycles. The summed E-state index contributed by atoms with van der Waals surface area (Å²) in [5.74, 6) is 0. The van der Waals surface area contributed by atoms with E-state index in [1.807, 2.05) is 0 Å².